The average Bonchev–Trinajstić information content (AvgIpc) is 2.24. The van der Waals surface area contributed by atoms with Crippen LogP contribution in [0.1, 0.15) is 62.5 Å². The molecule has 0 aromatic carbocycles. The van der Waals surface area contributed by atoms with Crippen LogP contribution in [0.15, 0.2) is 18.2 Å². The first-order chi connectivity index (χ1) is 8.03. The molecular formula is C15H21NO2. The van der Waals surface area contributed by atoms with Crippen molar-refractivity contribution in [3.8, 4) is 0 Å². The number of pyridine rings is 1. The smallest absolute Gasteiger partial charge is 0.186 e. The van der Waals surface area contributed by atoms with Crippen molar-refractivity contribution in [2.24, 2.45) is 10.8 Å². The fourth-order valence-corrected chi connectivity index (χ4v) is 1.46. The molecule has 1 aromatic rings. The summed E-state index contributed by atoms with van der Waals surface area (Å²) in [6.45, 7) is 11.1. The maximum absolute atomic E-state index is 12.1. The molecule has 1 heterocycles. The standard InChI is InChI=1S/C15H21NO2/c1-14(2,3)12(17)10-8-7-9-11(16-10)13(18)15(4,5)6/h7-9H,1-6H3. The normalized spacial score (nSPS) is 12.3. The summed E-state index contributed by atoms with van der Waals surface area (Å²) in [7, 11) is 0. The number of hydrogen-bond donors (Lipinski definition) is 0. The lowest BCUT2D eigenvalue weighted by molar-refractivity contribution is 0.0845. The maximum Gasteiger partial charge on any atom is 0.186 e. The second-order valence-electron chi connectivity index (χ2n) is 6.57. The summed E-state index contributed by atoms with van der Waals surface area (Å²) in [4.78, 5) is 28.4. The molecule has 0 unspecified atom stereocenters. The number of Topliss-reactive ketones (excluding diaryl/α,β-unsaturated/α-hetero) is 2. The molecule has 0 aliphatic heterocycles. The molecule has 18 heavy (non-hydrogen) atoms. The second kappa shape index (κ2) is 4.63. The van der Waals surface area contributed by atoms with Crippen LogP contribution in [0.3, 0.4) is 0 Å². The van der Waals surface area contributed by atoms with Crippen LogP contribution in [0.4, 0.5) is 0 Å². The van der Waals surface area contributed by atoms with Crippen LogP contribution in [-0.4, -0.2) is 16.6 Å². The topological polar surface area (TPSA) is 47.0 Å². The molecule has 0 saturated carbocycles. The van der Waals surface area contributed by atoms with Gasteiger partial charge in [0.1, 0.15) is 11.4 Å². The number of ketones is 2. The van der Waals surface area contributed by atoms with Gasteiger partial charge in [-0.1, -0.05) is 47.6 Å². The molecule has 3 heteroatoms. The molecule has 0 saturated heterocycles. The van der Waals surface area contributed by atoms with E-state index in [2.05, 4.69) is 4.98 Å². The van der Waals surface area contributed by atoms with E-state index in [4.69, 9.17) is 0 Å². The first kappa shape index (κ1) is 14.6. The molecule has 98 valence electrons. The Bertz CT molecular complexity index is 435. The fourth-order valence-electron chi connectivity index (χ4n) is 1.46. The van der Waals surface area contributed by atoms with Gasteiger partial charge in [-0.05, 0) is 12.1 Å². The van der Waals surface area contributed by atoms with E-state index in [0.29, 0.717) is 11.4 Å². The van der Waals surface area contributed by atoms with E-state index in [1.807, 2.05) is 41.5 Å². The third-order valence-electron chi connectivity index (χ3n) is 2.58. The van der Waals surface area contributed by atoms with Crippen LogP contribution in [-0.2, 0) is 0 Å². The van der Waals surface area contributed by atoms with Crippen molar-refractivity contribution in [3.63, 3.8) is 0 Å². The molecule has 0 aliphatic carbocycles. The van der Waals surface area contributed by atoms with Crippen LogP contribution in [0.2, 0.25) is 0 Å². The molecule has 1 rings (SSSR count). The largest absolute Gasteiger partial charge is 0.292 e. The van der Waals surface area contributed by atoms with E-state index in [0.717, 1.165) is 0 Å². The number of carbonyl (C=O) groups is 2. The van der Waals surface area contributed by atoms with Gasteiger partial charge in [-0.2, -0.15) is 0 Å². The van der Waals surface area contributed by atoms with E-state index in [1.54, 1.807) is 18.2 Å². The molecule has 0 fully saturated rings. The zero-order chi connectivity index (χ0) is 14.1. The first-order valence-corrected chi connectivity index (χ1v) is 6.10. The molecule has 0 aliphatic rings. The quantitative estimate of drug-likeness (QED) is 0.751. The zero-order valence-corrected chi connectivity index (χ0v) is 12.0. The third kappa shape index (κ3) is 3.25. The van der Waals surface area contributed by atoms with Crippen molar-refractivity contribution in [1.82, 2.24) is 4.98 Å². The molecule has 0 atom stereocenters. The number of carbonyl (C=O) groups excluding carboxylic acids is 2. The van der Waals surface area contributed by atoms with Crippen molar-refractivity contribution < 1.29 is 9.59 Å². The minimum absolute atomic E-state index is 0.0499. The van der Waals surface area contributed by atoms with E-state index >= 15 is 0 Å². The molecule has 3 nitrogen and oxygen atoms in total. The molecule has 0 amide bonds. The van der Waals surface area contributed by atoms with E-state index in [9.17, 15) is 9.59 Å². The van der Waals surface area contributed by atoms with E-state index < -0.39 is 10.8 Å². The van der Waals surface area contributed by atoms with Gasteiger partial charge in [-0.25, -0.2) is 4.98 Å². The van der Waals surface area contributed by atoms with E-state index in [1.165, 1.54) is 0 Å². The minimum atomic E-state index is -0.490. The predicted molar refractivity (Wildman–Crippen MR) is 71.8 cm³/mol. The summed E-state index contributed by atoms with van der Waals surface area (Å²) in [5.41, 5.74) is -0.262. The fraction of sp³-hybridized carbons (Fsp3) is 0.533. The van der Waals surface area contributed by atoms with Gasteiger partial charge in [0.15, 0.2) is 11.6 Å². The van der Waals surface area contributed by atoms with Crippen LogP contribution >= 0.6 is 0 Å². The van der Waals surface area contributed by atoms with Crippen LogP contribution < -0.4 is 0 Å². The van der Waals surface area contributed by atoms with Gasteiger partial charge in [0.25, 0.3) is 0 Å². The predicted octanol–water partition coefficient (Wildman–Crippen LogP) is 3.54. The monoisotopic (exact) mass is 247 g/mol. The molecular weight excluding hydrogens is 226 g/mol. The van der Waals surface area contributed by atoms with Gasteiger partial charge in [0, 0.05) is 10.8 Å². The average molecular weight is 247 g/mol. The minimum Gasteiger partial charge on any atom is -0.292 e. The van der Waals surface area contributed by atoms with Gasteiger partial charge >= 0.3 is 0 Å². The maximum atomic E-state index is 12.1. The Kier molecular flexibility index (Phi) is 3.75. The molecule has 0 radical (unpaired) electrons. The Labute approximate surface area is 109 Å². The Morgan fingerprint density at radius 3 is 1.44 bits per heavy atom. The van der Waals surface area contributed by atoms with Crippen molar-refractivity contribution in [2.75, 3.05) is 0 Å². The number of nitrogens with zero attached hydrogens (tertiary/aromatic N) is 1. The lowest BCUT2D eigenvalue weighted by Crippen LogP contribution is -2.25. The second-order valence-corrected chi connectivity index (χ2v) is 6.57. The lowest BCUT2D eigenvalue weighted by atomic mass is 9.87. The summed E-state index contributed by atoms with van der Waals surface area (Å²) in [5.74, 6) is -0.0999. The Morgan fingerprint density at radius 1 is 0.833 bits per heavy atom. The van der Waals surface area contributed by atoms with Crippen molar-refractivity contribution >= 4 is 11.6 Å². The molecule has 0 bridgehead atoms. The van der Waals surface area contributed by atoms with Crippen molar-refractivity contribution in [2.45, 2.75) is 41.5 Å². The summed E-state index contributed by atoms with van der Waals surface area (Å²) < 4.78 is 0. The van der Waals surface area contributed by atoms with Crippen molar-refractivity contribution in [3.05, 3.63) is 29.6 Å². The highest BCUT2D eigenvalue weighted by atomic mass is 16.1. The van der Waals surface area contributed by atoms with Crippen molar-refractivity contribution in [1.29, 1.82) is 0 Å². The van der Waals surface area contributed by atoms with Crippen LogP contribution in [0, 0.1) is 10.8 Å². The van der Waals surface area contributed by atoms with Crippen LogP contribution in [0.5, 0.6) is 0 Å². The van der Waals surface area contributed by atoms with Gasteiger partial charge in [-0.15, -0.1) is 0 Å². The lowest BCUT2D eigenvalue weighted by Gasteiger charge is -2.18. The first-order valence-electron chi connectivity index (χ1n) is 6.10. The van der Waals surface area contributed by atoms with Gasteiger partial charge < -0.3 is 0 Å². The Hall–Kier alpha value is -1.51. The number of aromatic nitrogens is 1. The molecule has 0 N–H and O–H groups in total. The highest BCUT2D eigenvalue weighted by molar-refractivity contribution is 6.01. The van der Waals surface area contributed by atoms with Gasteiger partial charge in [-0.3, -0.25) is 9.59 Å². The van der Waals surface area contributed by atoms with Gasteiger partial charge in [0.2, 0.25) is 0 Å². The summed E-state index contributed by atoms with van der Waals surface area (Å²) in [5, 5.41) is 0. The highest BCUT2D eigenvalue weighted by Crippen LogP contribution is 2.22. The summed E-state index contributed by atoms with van der Waals surface area (Å²) in [6, 6.07) is 5.03. The Morgan fingerprint density at radius 2 is 1.17 bits per heavy atom. The highest BCUT2D eigenvalue weighted by Gasteiger charge is 2.27. The Balaban J connectivity index is 3.16. The number of hydrogen-bond acceptors (Lipinski definition) is 3. The molecule has 1 aromatic heterocycles. The van der Waals surface area contributed by atoms with Gasteiger partial charge in [0.05, 0.1) is 0 Å². The number of rotatable bonds is 2. The SMILES string of the molecule is CC(C)(C)C(=O)c1cccc(C(=O)C(C)(C)C)n1. The molecule has 0 spiro atoms. The summed E-state index contributed by atoms with van der Waals surface area (Å²) in [6.07, 6.45) is 0. The van der Waals surface area contributed by atoms with Crippen LogP contribution in [0.25, 0.3) is 0 Å². The zero-order valence-electron chi connectivity index (χ0n) is 12.0. The third-order valence-corrected chi connectivity index (χ3v) is 2.58. The van der Waals surface area contributed by atoms with E-state index in [-0.39, 0.29) is 11.6 Å². The summed E-state index contributed by atoms with van der Waals surface area (Å²) >= 11 is 0.